The lowest BCUT2D eigenvalue weighted by molar-refractivity contribution is 1.18. The Labute approximate surface area is 288 Å². The van der Waals surface area contributed by atoms with Crippen LogP contribution in [0, 0.1) is 24.5 Å². The molecule has 0 aliphatic carbocycles. The van der Waals surface area contributed by atoms with Gasteiger partial charge < -0.3 is 9.13 Å². The summed E-state index contributed by atoms with van der Waals surface area (Å²) in [4.78, 5) is 8.07. The molecular weight excluding hydrogens is 611 g/mol. The Hall–Kier alpha value is -7.39. The molecule has 0 bridgehead atoms. The lowest BCUT2D eigenvalue weighted by Crippen LogP contribution is -1.99. The van der Waals surface area contributed by atoms with E-state index >= 15 is 0 Å². The third-order valence-corrected chi connectivity index (χ3v) is 9.59. The van der Waals surface area contributed by atoms with Crippen molar-refractivity contribution in [3.63, 3.8) is 0 Å². The van der Waals surface area contributed by atoms with Crippen LogP contribution in [-0.4, -0.2) is 9.13 Å². The monoisotopic (exact) mass is 635 g/mol. The van der Waals surface area contributed by atoms with Crippen LogP contribution in [0.3, 0.4) is 0 Å². The van der Waals surface area contributed by atoms with Crippen LogP contribution in [0.25, 0.3) is 86.9 Å². The highest BCUT2D eigenvalue weighted by Gasteiger charge is 2.23. The minimum atomic E-state index is 0.510. The second-order valence-corrected chi connectivity index (χ2v) is 12.2. The largest absolute Gasteiger partial charge is 0.318 e. The summed E-state index contributed by atoms with van der Waals surface area (Å²) in [5.41, 5.74) is 10.9. The number of benzene rings is 7. The van der Waals surface area contributed by atoms with Crippen molar-refractivity contribution >= 4 is 55.0 Å². The first-order chi connectivity index (χ1) is 24.7. The fraction of sp³-hybridized carbons (Fsp3) is 0. The number of rotatable bonds is 4. The van der Waals surface area contributed by atoms with Gasteiger partial charge in [-0.25, -0.2) is 9.69 Å². The van der Waals surface area contributed by atoms with E-state index in [1.165, 1.54) is 0 Å². The predicted octanol–water partition coefficient (Wildman–Crippen LogP) is 12.2. The van der Waals surface area contributed by atoms with Gasteiger partial charge in [0.15, 0.2) is 5.69 Å². The molecule has 2 aromatic heterocycles. The van der Waals surface area contributed by atoms with Crippen molar-refractivity contribution in [1.29, 1.82) is 5.26 Å². The Morgan fingerprint density at radius 3 is 1.70 bits per heavy atom. The molecule has 9 aromatic rings. The maximum absolute atomic E-state index is 9.64. The van der Waals surface area contributed by atoms with Gasteiger partial charge in [-0.3, -0.25) is 0 Å². The van der Waals surface area contributed by atoms with Crippen molar-refractivity contribution in [2.75, 3.05) is 0 Å². The Morgan fingerprint density at radius 2 is 1.04 bits per heavy atom. The summed E-state index contributed by atoms with van der Waals surface area (Å²) in [5.74, 6) is 0. The summed E-state index contributed by atoms with van der Waals surface area (Å²) in [6, 6.07) is 53.0. The molecule has 5 nitrogen and oxygen atoms in total. The van der Waals surface area contributed by atoms with Crippen LogP contribution in [0.15, 0.2) is 152 Å². The minimum Gasteiger partial charge on any atom is -0.318 e. The lowest BCUT2D eigenvalue weighted by atomic mass is 9.91. The number of hydrogen-bond donors (Lipinski definition) is 0. The van der Waals surface area contributed by atoms with Gasteiger partial charge in [0.2, 0.25) is 5.69 Å². The first-order valence-electron chi connectivity index (χ1n) is 16.2. The van der Waals surface area contributed by atoms with E-state index in [1.807, 2.05) is 91.0 Å². The van der Waals surface area contributed by atoms with Crippen LogP contribution in [0.5, 0.6) is 0 Å². The predicted molar refractivity (Wildman–Crippen MR) is 203 cm³/mol. The average Bonchev–Trinajstić information content (AvgIpc) is 3.69. The van der Waals surface area contributed by atoms with E-state index < -0.39 is 0 Å². The van der Waals surface area contributed by atoms with Gasteiger partial charge in [-0.2, -0.15) is 5.26 Å². The molecule has 0 aliphatic rings. The maximum Gasteiger partial charge on any atom is 0.211 e. The van der Waals surface area contributed by atoms with Gasteiger partial charge in [0, 0.05) is 27.2 Å². The number of nitriles is 1. The topological polar surface area (TPSA) is 42.4 Å². The maximum atomic E-state index is 9.64. The lowest BCUT2D eigenvalue weighted by Gasteiger charge is -2.20. The van der Waals surface area contributed by atoms with Crippen LogP contribution in [0.4, 0.5) is 11.4 Å². The van der Waals surface area contributed by atoms with Crippen LogP contribution < -0.4 is 0 Å². The zero-order chi connectivity index (χ0) is 33.8. The van der Waals surface area contributed by atoms with Crippen molar-refractivity contribution in [2.24, 2.45) is 0 Å². The highest BCUT2D eigenvalue weighted by atomic mass is 15.0. The number of aromatic nitrogens is 2. The second kappa shape index (κ2) is 11.4. The highest BCUT2D eigenvalue weighted by Crippen LogP contribution is 2.47. The van der Waals surface area contributed by atoms with Gasteiger partial charge >= 0.3 is 0 Å². The standard InChI is InChI=1S/C45H25N5/c1-47-38-19-10-17-32(30-12-9-13-31(27-30)49-40-21-6-5-16-35(40)37-26-29(28-46)24-25-43(37)49)44(38)36-18-11-20-39(48-2)45(36)50-41-22-7-3-14-33(41)34-15-4-8-23-42(34)50/h3-27H. The number of hydrogen-bond acceptors (Lipinski definition) is 1. The zero-order valence-electron chi connectivity index (χ0n) is 26.7. The van der Waals surface area contributed by atoms with E-state index in [0.29, 0.717) is 16.9 Å². The van der Waals surface area contributed by atoms with Gasteiger partial charge in [0.05, 0.1) is 52.5 Å². The van der Waals surface area contributed by atoms with Crippen LogP contribution >= 0.6 is 0 Å². The quantitative estimate of drug-likeness (QED) is 0.177. The normalized spacial score (nSPS) is 11.1. The molecule has 0 amide bonds. The fourth-order valence-electron chi connectivity index (χ4n) is 7.51. The van der Waals surface area contributed by atoms with Gasteiger partial charge in [0.1, 0.15) is 0 Å². The first-order valence-corrected chi connectivity index (χ1v) is 16.2. The molecule has 0 saturated carbocycles. The SMILES string of the molecule is [C-]#[N+]c1cccc(-c2cccc(-n3c4ccccc4c4cc(C#N)ccc43)c2)c1-c1cccc([N+]#[C-])c1-n1c2ccccc2c2ccccc21. The van der Waals surface area contributed by atoms with E-state index in [1.54, 1.807) is 0 Å². The summed E-state index contributed by atoms with van der Waals surface area (Å²) >= 11 is 0. The third-order valence-electron chi connectivity index (χ3n) is 9.59. The molecule has 9 rings (SSSR count). The Bertz CT molecular complexity index is 2920. The van der Waals surface area contributed by atoms with Crippen LogP contribution in [-0.2, 0) is 0 Å². The first kappa shape index (κ1) is 28.8. The molecule has 0 fully saturated rings. The summed E-state index contributed by atoms with van der Waals surface area (Å²) in [6.45, 7) is 16.6. The molecule has 2 heterocycles. The van der Waals surface area contributed by atoms with E-state index in [4.69, 9.17) is 13.1 Å². The molecule has 5 heteroatoms. The van der Waals surface area contributed by atoms with Gasteiger partial charge in [-0.05, 0) is 70.8 Å². The van der Waals surface area contributed by atoms with Gasteiger partial charge in [0.25, 0.3) is 0 Å². The molecule has 230 valence electrons. The van der Waals surface area contributed by atoms with Crippen molar-refractivity contribution in [3.05, 3.63) is 180 Å². The molecule has 0 saturated heterocycles. The van der Waals surface area contributed by atoms with E-state index in [0.717, 1.165) is 77.2 Å². The summed E-state index contributed by atoms with van der Waals surface area (Å²) < 4.78 is 4.42. The molecule has 0 aliphatic heterocycles. The molecule has 7 aromatic carbocycles. The molecule has 0 unspecified atom stereocenters. The van der Waals surface area contributed by atoms with E-state index in [-0.39, 0.29) is 0 Å². The van der Waals surface area contributed by atoms with Crippen molar-refractivity contribution in [2.45, 2.75) is 0 Å². The molecule has 0 N–H and O–H groups in total. The van der Waals surface area contributed by atoms with Gasteiger partial charge in [-0.1, -0.05) is 103 Å². The number of nitrogens with zero attached hydrogens (tertiary/aromatic N) is 5. The Morgan fingerprint density at radius 1 is 0.480 bits per heavy atom. The molecule has 0 spiro atoms. The zero-order valence-corrected chi connectivity index (χ0v) is 26.7. The summed E-state index contributed by atoms with van der Waals surface area (Å²) in [5, 5.41) is 13.9. The van der Waals surface area contributed by atoms with E-state index in [2.05, 4.69) is 85.6 Å². The van der Waals surface area contributed by atoms with Crippen molar-refractivity contribution in [1.82, 2.24) is 9.13 Å². The number of para-hydroxylation sites is 4. The molecular formula is C45H25N5. The summed E-state index contributed by atoms with van der Waals surface area (Å²) in [6.07, 6.45) is 0. The van der Waals surface area contributed by atoms with Gasteiger partial charge in [-0.15, -0.1) is 0 Å². The van der Waals surface area contributed by atoms with E-state index in [9.17, 15) is 5.26 Å². The average molecular weight is 636 g/mol. The second-order valence-electron chi connectivity index (χ2n) is 12.2. The smallest absolute Gasteiger partial charge is 0.211 e. The Balaban J connectivity index is 1.33. The van der Waals surface area contributed by atoms with Crippen molar-refractivity contribution in [3.8, 4) is 39.7 Å². The molecule has 50 heavy (non-hydrogen) atoms. The highest BCUT2D eigenvalue weighted by molar-refractivity contribution is 6.12. The fourth-order valence-corrected chi connectivity index (χ4v) is 7.51. The minimum absolute atomic E-state index is 0.510. The third kappa shape index (κ3) is 4.24. The Kier molecular flexibility index (Phi) is 6.56. The van der Waals surface area contributed by atoms with Crippen molar-refractivity contribution < 1.29 is 0 Å². The summed E-state index contributed by atoms with van der Waals surface area (Å²) in [7, 11) is 0. The van der Waals surface area contributed by atoms with Crippen LogP contribution in [0.2, 0.25) is 0 Å². The van der Waals surface area contributed by atoms with Crippen LogP contribution in [0.1, 0.15) is 5.56 Å². The number of fused-ring (bicyclic) bond motifs is 6. The molecule has 0 atom stereocenters. The molecule has 0 radical (unpaired) electrons.